The van der Waals surface area contributed by atoms with Crippen LogP contribution in [0, 0.1) is 6.92 Å². The molecule has 0 bridgehead atoms. The van der Waals surface area contributed by atoms with E-state index in [1.54, 1.807) is 11.3 Å². The number of allylic oxidation sites excluding steroid dienone is 1. The van der Waals surface area contributed by atoms with E-state index in [9.17, 15) is 0 Å². The second-order valence-electron chi connectivity index (χ2n) is 2.74. The molecule has 0 atom stereocenters. The van der Waals surface area contributed by atoms with Gasteiger partial charge in [-0.25, -0.2) is 0 Å². The summed E-state index contributed by atoms with van der Waals surface area (Å²) in [6.45, 7) is 8.40. The summed E-state index contributed by atoms with van der Waals surface area (Å²) in [5, 5.41) is 2.13. The fraction of sp³-hybridized carbons (Fsp3) is 0.400. The molecule has 0 aromatic carbocycles. The van der Waals surface area contributed by atoms with Crippen LogP contribution < -0.4 is 0 Å². The van der Waals surface area contributed by atoms with Gasteiger partial charge in [-0.1, -0.05) is 19.9 Å². The van der Waals surface area contributed by atoms with Crippen LogP contribution in [0.25, 0.3) is 5.57 Å². The molecule has 0 nitrogen and oxygen atoms in total. The largest absolute Gasteiger partial charge is 0.149 e. The smallest absolute Gasteiger partial charge is 0.00891 e. The van der Waals surface area contributed by atoms with Crippen LogP contribution in [0.3, 0.4) is 0 Å². The zero-order valence-electron chi connectivity index (χ0n) is 7.18. The lowest BCUT2D eigenvalue weighted by Gasteiger charge is -2.01. The highest BCUT2D eigenvalue weighted by atomic mass is 32.1. The highest BCUT2D eigenvalue weighted by molar-refractivity contribution is 7.10. The first-order valence-corrected chi connectivity index (χ1v) is 4.86. The van der Waals surface area contributed by atoms with Crippen molar-refractivity contribution in [1.82, 2.24) is 0 Å². The van der Waals surface area contributed by atoms with Crippen LogP contribution >= 0.6 is 11.3 Å². The average molecular weight is 166 g/mol. The molecule has 1 aromatic rings. The standard InChI is InChI=1S/C10H14S/c1-4-5-8(2)10-6-7-11-9(10)3/h6-7H,2,4-5H2,1,3H3. The summed E-state index contributed by atoms with van der Waals surface area (Å²) in [5.41, 5.74) is 2.64. The van der Waals surface area contributed by atoms with E-state index in [0.29, 0.717) is 0 Å². The van der Waals surface area contributed by atoms with Crippen molar-refractivity contribution in [1.29, 1.82) is 0 Å². The van der Waals surface area contributed by atoms with Gasteiger partial charge in [-0.15, -0.1) is 11.3 Å². The summed E-state index contributed by atoms with van der Waals surface area (Å²) in [5.74, 6) is 0. The molecule has 1 heteroatoms. The third-order valence-electron chi connectivity index (χ3n) is 1.79. The number of hydrogen-bond acceptors (Lipinski definition) is 1. The van der Waals surface area contributed by atoms with E-state index in [2.05, 4.69) is 31.9 Å². The average Bonchev–Trinajstić information content (AvgIpc) is 2.36. The SMILES string of the molecule is C=C(CCC)c1ccsc1C. The minimum absolute atomic E-state index is 1.12. The highest BCUT2D eigenvalue weighted by Gasteiger charge is 2.01. The van der Waals surface area contributed by atoms with E-state index in [-0.39, 0.29) is 0 Å². The first-order valence-electron chi connectivity index (χ1n) is 3.98. The topological polar surface area (TPSA) is 0 Å². The zero-order chi connectivity index (χ0) is 8.27. The Labute approximate surface area is 72.6 Å². The summed E-state index contributed by atoms with van der Waals surface area (Å²) in [6, 6.07) is 2.16. The summed E-state index contributed by atoms with van der Waals surface area (Å²) >= 11 is 1.80. The summed E-state index contributed by atoms with van der Waals surface area (Å²) < 4.78 is 0. The van der Waals surface area contributed by atoms with Crippen LogP contribution in [0.4, 0.5) is 0 Å². The van der Waals surface area contributed by atoms with Gasteiger partial charge in [-0.2, -0.15) is 0 Å². The van der Waals surface area contributed by atoms with E-state index in [0.717, 1.165) is 6.42 Å². The monoisotopic (exact) mass is 166 g/mol. The molecular weight excluding hydrogens is 152 g/mol. The minimum Gasteiger partial charge on any atom is -0.149 e. The van der Waals surface area contributed by atoms with Crippen LogP contribution in [-0.4, -0.2) is 0 Å². The molecule has 1 aromatic heterocycles. The molecule has 0 N–H and O–H groups in total. The van der Waals surface area contributed by atoms with E-state index < -0.39 is 0 Å². The Morgan fingerprint density at radius 3 is 2.82 bits per heavy atom. The summed E-state index contributed by atoms with van der Waals surface area (Å²) in [4.78, 5) is 1.39. The molecule has 11 heavy (non-hydrogen) atoms. The molecular formula is C10H14S. The molecule has 0 aliphatic heterocycles. The Balaban J connectivity index is 2.76. The quantitative estimate of drug-likeness (QED) is 0.639. The number of aryl methyl sites for hydroxylation is 1. The van der Waals surface area contributed by atoms with Crippen molar-refractivity contribution in [3.8, 4) is 0 Å². The predicted molar refractivity (Wildman–Crippen MR) is 53.0 cm³/mol. The second-order valence-corrected chi connectivity index (χ2v) is 3.86. The van der Waals surface area contributed by atoms with Gasteiger partial charge in [0.2, 0.25) is 0 Å². The van der Waals surface area contributed by atoms with Crippen LogP contribution in [0.5, 0.6) is 0 Å². The van der Waals surface area contributed by atoms with Crippen LogP contribution in [-0.2, 0) is 0 Å². The maximum absolute atomic E-state index is 4.05. The van der Waals surface area contributed by atoms with Crippen molar-refractivity contribution in [3.63, 3.8) is 0 Å². The Morgan fingerprint density at radius 2 is 2.36 bits per heavy atom. The van der Waals surface area contributed by atoms with Gasteiger partial charge in [0.25, 0.3) is 0 Å². The minimum atomic E-state index is 1.12. The van der Waals surface area contributed by atoms with Crippen molar-refractivity contribution in [2.24, 2.45) is 0 Å². The summed E-state index contributed by atoms with van der Waals surface area (Å²) in [7, 11) is 0. The molecule has 0 aliphatic carbocycles. The Hall–Kier alpha value is -0.560. The van der Waals surface area contributed by atoms with Crippen molar-refractivity contribution in [2.75, 3.05) is 0 Å². The van der Waals surface area contributed by atoms with Crippen molar-refractivity contribution >= 4 is 16.9 Å². The van der Waals surface area contributed by atoms with Gasteiger partial charge < -0.3 is 0 Å². The Bertz CT molecular complexity index is 245. The molecule has 0 saturated heterocycles. The second kappa shape index (κ2) is 3.72. The normalized spacial score (nSPS) is 10.0. The van der Waals surface area contributed by atoms with Gasteiger partial charge in [0.05, 0.1) is 0 Å². The first kappa shape index (κ1) is 8.54. The van der Waals surface area contributed by atoms with E-state index in [4.69, 9.17) is 0 Å². The van der Waals surface area contributed by atoms with Crippen LogP contribution in [0.2, 0.25) is 0 Å². The van der Waals surface area contributed by atoms with E-state index >= 15 is 0 Å². The molecule has 0 unspecified atom stereocenters. The van der Waals surface area contributed by atoms with Gasteiger partial charge in [0.1, 0.15) is 0 Å². The van der Waals surface area contributed by atoms with Crippen molar-refractivity contribution in [2.45, 2.75) is 26.7 Å². The van der Waals surface area contributed by atoms with E-state index in [1.807, 2.05) is 0 Å². The molecule has 0 spiro atoms. The van der Waals surface area contributed by atoms with Gasteiger partial charge in [-0.3, -0.25) is 0 Å². The predicted octanol–water partition coefficient (Wildman–Crippen LogP) is 3.87. The lowest BCUT2D eigenvalue weighted by atomic mass is 10.1. The highest BCUT2D eigenvalue weighted by Crippen LogP contribution is 2.24. The lowest BCUT2D eigenvalue weighted by molar-refractivity contribution is 0.975. The van der Waals surface area contributed by atoms with Gasteiger partial charge in [0.15, 0.2) is 0 Å². The van der Waals surface area contributed by atoms with E-state index in [1.165, 1.54) is 22.4 Å². The van der Waals surface area contributed by atoms with Crippen molar-refractivity contribution < 1.29 is 0 Å². The third-order valence-corrected chi connectivity index (χ3v) is 2.64. The molecule has 0 fully saturated rings. The molecule has 0 amide bonds. The molecule has 60 valence electrons. The number of thiophene rings is 1. The van der Waals surface area contributed by atoms with Gasteiger partial charge in [0, 0.05) is 4.88 Å². The Morgan fingerprint density at radius 1 is 1.64 bits per heavy atom. The molecule has 1 rings (SSSR count). The fourth-order valence-electron chi connectivity index (χ4n) is 1.19. The molecule has 0 radical (unpaired) electrons. The Kier molecular flexibility index (Phi) is 2.89. The molecule has 0 saturated carbocycles. The van der Waals surface area contributed by atoms with Crippen LogP contribution in [0.1, 0.15) is 30.2 Å². The third kappa shape index (κ3) is 1.93. The summed E-state index contributed by atoms with van der Waals surface area (Å²) in [6.07, 6.45) is 2.31. The zero-order valence-corrected chi connectivity index (χ0v) is 8.00. The maximum Gasteiger partial charge on any atom is 0.00891 e. The first-order chi connectivity index (χ1) is 5.25. The number of hydrogen-bond donors (Lipinski definition) is 0. The van der Waals surface area contributed by atoms with Crippen molar-refractivity contribution in [3.05, 3.63) is 28.5 Å². The number of rotatable bonds is 3. The fourth-order valence-corrected chi connectivity index (χ4v) is 1.94. The lowest BCUT2D eigenvalue weighted by Crippen LogP contribution is -1.80. The van der Waals surface area contributed by atoms with Crippen LogP contribution in [0.15, 0.2) is 18.0 Å². The maximum atomic E-state index is 4.05. The molecule has 1 heterocycles. The van der Waals surface area contributed by atoms with Gasteiger partial charge in [-0.05, 0) is 35.9 Å². The van der Waals surface area contributed by atoms with Gasteiger partial charge >= 0.3 is 0 Å². The molecule has 0 aliphatic rings.